The maximum Gasteiger partial charge on any atom is 0.419 e. The maximum absolute atomic E-state index is 14.2. The number of rotatable bonds is 9. The van der Waals surface area contributed by atoms with Gasteiger partial charge in [-0.2, -0.15) is 13.2 Å². The monoisotopic (exact) mass is 484 g/mol. The number of hydroxylamine groups is 1. The molecule has 0 saturated heterocycles. The molecule has 0 amide bonds. The normalized spacial score (nSPS) is 12.8. The fraction of sp³-hybridized carbons (Fsp3) is 0.375. The van der Waals surface area contributed by atoms with Gasteiger partial charge in [-0.25, -0.2) is 22.4 Å². The summed E-state index contributed by atoms with van der Waals surface area (Å²) in [6, 6.07) is 2.46. The standard InChI is InChI=1S/C16H16F4N4O5S2/c1-31(27,28)8-9(25)4-3-7-30-15-13(23-29-24-15)14(22-26)21-11-6-2-5-10(12(11)17)16(18,19)20/h2,5-6,26H,3-4,7-8H2,1H3,(H,21,22). The van der Waals surface area contributed by atoms with Crippen LogP contribution < -0.4 is 5.48 Å². The quantitative estimate of drug-likeness (QED) is 0.138. The molecule has 1 heterocycles. The van der Waals surface area contributed by atoms with Crippen LogP contribution in [0.4, 0.5) is 23.2 Å². The first-order chi connectivity index (χ1) is 14.4. The smallest absolute Gasteiger partial charge is 0.299 e. The van der Waals surface area contributed by atoms with E-state index in [4.69, 9.17) is 0 Å². The van der Waals surface area contributed by atoms with Gasteiger partial charge in [0, 0.05) is 18.4 Å². The largest absolute Gasteiger partial charge is 0.419 e. The Hall–Kier alpha value is -2.52. The van der Waals surface area contributed by atoms with Crippen LogP contribution in [-0.4, -0.2) is 53.3 Å². The molecular weight excluding hydrogens is 468 g/mol. The molecule has 0 unspecified atom stereocenters. The number of ketones is 1. The Morgan fingerprint density at radius 3 is 2.65 bits per heavy atom. The van der Waals surface area contributed by atoms with Crippen molar-refractivity contribution in [2.75, 3.05) is 17.8 Å². The molecule has 0 spiro atoms. The molecule has 15 heteroatoms. The number of amidine groups is 1. The second-order valence-corrected chi connectivity index (χ2v) is 9.41. The lowest BCUT2D eigenvalue weighted by Crippen LogP contribution is -2.21. The zero-order valence-corrected chi connectivity index (χ0v) is 17.4. The van der Waals surface area contributed by atoms with Crippen LogP contribution >= 0.6 is 11.8 Å². The van der Waals surface area contributed by atoms with Gasteiger partial charge >= 0.3 is 6.18 Å². The van der Waals surface area contributed by atoms with Crippen molar-refractivity contribution in [2.45, 2.75) is 24.0 Å². The number of nitrogens with one attached hydrogen (secondary N) is 1. The van der Waals surface area contributed by atoms with Crippen LogP contribution in [0.3, 0.4) is 0 Å². The summed E-state index contributed by atoms with van der Waals surface area (Å²) in [5.41, 5.74) is -0.825. The van der Waals surface area contributed by atoms with E-state index in [0.717, 1.165) is 30.2 Å². The minimum atomic E-state index is -4.94. The topological polar surface area (TPSA) is 135 Å². The van der Waals surface area contributed by atoms with Crippen molar-refractivity contribution in [1.82, 2.24) is 15.8 Å². The van der Waals surface area contributed by atoms with Gasteiger partial charge in [0.2, 0.25) is 0 Å². The summed E-state index contributed by atoms with van der Waals surface area (Å²) in [4.78, 5) is 15.2. The highest BCUT2D eigenvalue weighted by Gasteiger charge is 2.35. The van der Waals surface area contributed by atoms with Gasteiger partial charge in [0.15, 0.2) is 32.2 Å². The first-order valence-corrected chi connectivity index (χ1v) is 11.5. The molecule has 0 fully saturated rings. The van der Waals surface area contributed by atoms with Gasteiger partial charge in [-0.15, -0.1) is 11.8 Å². The van der Waals surface area contributed by atoms with Gasteiger partial charge in [0.1, 0.15) is 17.2 Å². The average Bonchev–Trinajstić information content (AvgIpc) is 3.10. The van der Waals surface area contributed by atoms with Crippen molar-refractivity contribution in [3.8, 4) is 0 Å². The number of hydrogen-bond donors (Lipinski definition) is 2. The van der Waals surface area contributed by atoms with Crippen molar-refractivity contribution in [1.29, 1.82) is 0 Å². The summed E-state index contributed by atoms with van der Waals surface area (Å²) in [7, 11) is -3.42. The Morgan fingerprint density at radius 2 is 2.03 bits per heavy atom. The summed E-state index contributed by atoms with van der Waals surface area (Å²) in [5, 5.41) is 16.4. The molecule has 0 radical (unpaired) electrons. The Balaban J connectivity index is 2.13. The third-order valence-electron chi connectivity index (χ3n) is 3.57. The lowest BCUT2D eigenvalue weighted by atomic mass is 10.2. The minimum absolute atomic E-state index is 0.00464. The number of alkyl halides is 3. The summed E-state index contributed by atoms with van der Waals surface area (Å²) in [6.45, 7) is 0. The van der Waals surface area contributed by atoms with Crippen molar-refractivity contribution in [3.63, 3.8) is 0 Å². The number of hydrogen-bond acceptors (Lipinski definition) is 9. The molecule has 0 aliphatic rings. The Kier molecular flexibility index (Phi) is 8.14. The molecule has 0 bridgehead atoms. The Bertz CT molecular complexity index is 1070. The average molecular weight is 484 g/mol. The van der Waals surface area contributed by atoms with Gasteiger partial charge in [0.25, 0.3) is 0 Å². The predicted molar refractivity (Wildman–Crippen MR) is 101 cm³/mol. The highest BCUT2D eigenvalue weighted by molar-refractivity contribution is 7.99. The summed E-state index contributed by atoms with van der Waals surface area (Å²) >= 11 is 1.00. The number of thioether (sulfide) groups is 1. The van der Waals surface area contributed by atoms with E-state index in [1.807, 2.05) is 0 Å². The SMILES string of the molecule is CS(=O)(=O)CC(=O)CCCSc1nonc1C(=Nc1cccc(C(F)(F)F)c1F)NO. The second-order valence-electron chi connectivity index (χ2n) is 6.19. The first-order valence-electron chi connectivity index (χ1n) is 8.42. The number of nitrogens with zero attached hydrogens (tertiary/aromatic N) is 3. The molecule has 1 aromatic carbocycles. The summed E-state index contributed by atoms with van der Waals surface area (Å²) in [5.74, 6) is -2.91. The molecule has 0 aliphatic carbocycles. The highest BCUT2D eigenvalue weighted by atomic mass is 32.2. The van der Waals surface area contributed by atoms with Crippen LogP contribution in [0, 0.1) is 5.82 Å². The van der Waals surface area contributed by atoms with Crippen LogP contribution in [0.25, 0.3) is 0 Å². The molecule has 0 atom stereocenters. The molecular formula is C16H16F4N4O5S2. The van der Waals surface area contributed by atoms with E-state index in [-0.39, 0.29) is 29.3 Å². The Morgan fingerprint density at radius 1 is 1.32 bits per heavy atom. The third-order valence-corrected chi connectivity index (χ3v) is 5.45. The third kappa shape index (κ3) is 7.29. The minimum Gasteiger partial charge on any atom is -0.299 e. The molecule has 2 rings (SSSR count). The fourth-order valence-electron chi connectivity index (χ4n) is 2.30. The van der Waals surface area contributed by atoms with Gasteiger partial charge < -0.3 is 0 Å². The predicted octanol–water partition coefficient (Wildman–Crippen LogP) is 2.77. The van der Waals surface area contributed by atoms with E-state index >= 15 is 0 Å². The van der Waals surface area contributed by atoms with E-state index in [9.17, 15) is 36.0 Å². The molecule has 2 N–H and O–H groups in total. The number of sulfone groups is 1. The summed E-state index contributed by atoms with van der Waals surface area (Å²) < 4.78 is 79.4. The van der Waals surface area contributed by atoms with Gasteiger partial charge in [-0.05, 0) is 28.9 Å². The van der Waals surface area contributed by atoms with Crippen LogP contribution in [-0.2, 0) is 20.8 Å². The van der Waals surface area contributed by atoms with Crippen LogP contribution in [0.5, 0.6) is 0 Å². The number of benzene rings is 1. The van der Waals surface area contributed by atoms with Crippen molar-refractivity contribution in [2.24, 2.45) is 4.99 Å². The number of halogens is 4. The first kappa shape index (κ1) is 24.7. The molecule has 9 nitrogen and oxygen atoms in total. The molecule has 170 valence electrons. The van der Waals surface area contributed by atoms with Gasteiger partial charge in [-0.3, -0.25) is 15.5 Å². The van der Waals surface area contributed by atoms with Gasteiger partial charge in [-0.1, -0.05) is 6.07 Å². The number of aliphatic imine (C=N–C) groups is 1. The van der Waals surface area contributed by atoms with Crippen LogP contribution in [0.1, 0.15) is 24.1 Å². The highest BCUT2D eigenvalue weighted by Crippen LogP contribution is 2.35. The fourth-order valence-corrected chi connectivity index (χ4v) is 3.87. The van der Waals surface area contributed by atoms with E-state index in [1.165, 1.54) is 0 Å². The lowest BCUT2D eigenvalue weighted by molar-refractivity contribution is -0.139. The van der Waals surface area contributed by atoms with Gasteiger partial charge in [0.05, 0.1) is 5.56 Å². The number of Topliss-reactive ketones (excluding diaryl/α,β-unsaturated/α-hetero) is 1. The lowest BCUT2D eigenvalue weighted by Gasteiger charge is -2.09. The van der Waals surface area contributed by atoms with Crippen molar-refractivity contribution >= 4 is 38.9 Å². The molecule has 2 aromatic rings. The summed E-state index contributed by atoms with van der Waals surface area (Å²) in [6.07, 6.45) is -3.71. The molecule has 0 aliphatic heterocycles. The zero-order valence-electron chi connectivity index (χ0n) is 15.8. The number of carbonyl (C=O) groups is 1. The van der Waals surface area contributed by atoms with Crippen LogP contribution in [0.15, 0.2) is 32.8 Å². The number of aromatic nitrogens is 2. The molecule has 0 saturated carbocycles. The molecule has 1 aromatic heterocycles. The van der Waals surface area contributed by atoms with E-state index in [0.29, 0.717) is 6.07 Å². The van der Waals surface area contributed by atoms with E-state index < -0.39 is 50.5 Å². The number of carbonyl (C=O) groups excluding carboxylic acids is 1. The van der Waals surface area contributed by atoms with Crippen molar-refractivity contribution in [3.05, 3.63) is 35.3 Å². The molecule has 31 heavy (non-hydrogen) atoms. The maximum atomic E-state index is 14.2. The van der Waals surface area contributed by atoms with Crippen LogP contribution in [0.2, 0.25) is 0 Å². The van der Waals surface area contributed by atoms with E-state index in [1.54, 1.807) is 5.48 Å². The Labute approximate surface area is 177 Å². The second kappa shape index (κ2) is 10.2. The van der Waals surface area contributed by atoms with Crippen molar-refractivity contribution < 1.29 is 40.6 Å². The van der Waals surface area contributed by atoms with E-state index in [2.05, 4.69) is 19.9 Å². The zero-order chi connectivity index (χ0) is 23.2.